The molecule has 0 radical (unpaired) electrons. The zero-order valence-corrected chi connectivity index (χ0v) is 12.7. The molecule has 112 valence electrons. The van der Waals surface area contributed by atoms with Crippen molar-refractivity contribution in [3.8, 4) is 5.75 Å². The van der Waals surface area contributed by atoms with Gasteiger partial charge >= 0.3 is 0 Å². The summed E-state index contributed by atoms with van der Waals surface area (Å²) >= 11 is 0. The number of fused-ring (bicyclic) bond motifs is 1. The van der Waals surface area contributed by atoms with Gasteiger partial charge in [-0.3, -0.25) is 0 Å². The van der Waals surface area contributed by atoms with Crippen LogP contribution in [0.4, 0.5) is 11.5 Å². The number of benzene rings is 1. The van der Waals surface area contributed by atoms with Crippen molar-refractivity contribution >= 4 is 22.4 Å². The summed E-state index contributed by atoms with van der Waals surface area (Å²) < 4.78 is 5.79. The highest BCUT2D eigenvalue weighted by atomic mass is 16.5. The number of aromatic nitrogens is 2. The largest absolute Gasteiger partial charge is 0.492 e. The van der Waals surface area contributed by atoms with Gasteiger partial charge in [-0.25, -0.2) is 9.97 Å². The molecule has 0 saturated carbocycles. The minimum absolute atomic E-state index is 0.504. The lowest BCUT2D eigenvalue weighted by Crippen LogP contribution is -2.57. The van der Waals surface area contributed by atoms with E-state index in [1.165, 1.54) is 6.33 Å². The monoisotopic (exact) mass is 287 g/mol. The minimum atomic E-state index is 0.504. The zero-order chi connectivity index (χ0) is 15.0. The van der Waals surface area contributed by atoms with E-state index in [-0.39, 0.29) is 0 Å². The number of hydrogen-bond acceptors (Lipinski definition) is 6. The molecule has 2 aromatic rings. The highest BCUT2D eigenvalue weighted by Gasteiger charge is 2.32. The fourth-order valence-electron chi connectivity index (χ4n) is 2.69. The maximum atomic E-state index is 6.09. The molecule has 0 amide bonds. The number of nitrogen functional groups attached to an aromatic ring is 1. The highest BCUT2D eigenvalue weighted by Crippen LogP contribution is 2.40. The van der Waals surface area contributed by atoms with Gasteiger partial charge in [-0.15, -0.1) is 0 Å². The fraction of sp³-hybridized carbons (Fsp3) is 0.467. The summed E-state index contributed by atoms with van der Waals surface area (Å²) in [6, 6.07) is 4.46. The van der Waals surface area contributed by atoms with Gasteiger partial charge < -0.3 is 20.3 Å². The molecule has 1 saturated heterocycles. The van der Waals surface area contributed by atoms with Crippen LogP contribution in [0.25, 0.3) is 10.9 Å². The van der Waals surface area contributed by atoms with Crippen LogP contribution < -0.4 is 15.4 Å². The second-order valence-electron chi connectivity index (χ2n) is 5.52. The summed E-state index contributed by atoms with van der Waals surface area (Å²) in [6.45, 7) is 4.52. The number of anilines is 2. The van der Waals surface area contributed by atoms with Crippen LogP contribution in [0.3, 0.4) is 0 Å². The van der Waals surface area contributed by atoms with E-state index in [9.17, 15) is 0 Å². The minimum Gasteiger partial charge on any atom is -0.492 e. The third-order valence-electron chi connectivity index (χ3n) is 3.98. The molecule has 1 aliphatic rings. The predicted octanol–water partition coefficient (Wildman–Crippen LogP) is 1.36. The Morgan fingerprint density at radius 2 is 2.10 bits per heavy atom. The van der Waals surface area contributed by atoms with E-state index in [0.29, 0.717) is 18.5 Å². The fourth-order valence-corrected chi connectivity index (χ4v) is 2.69. The predicted molar refractivity (Wildman–Crippen MR) is 84.8 cm³/mol. The summed E-state index contributed by atoms with van der Waals surface area (Å²) in [5, 5.41) is 0.889. The van der Waals surface area contributed by atoms with E-state index in [2.05, 4.69) is 33.9 Å². The molecule has 0 aliphatic carbocycles. The van der Waals surface area contributed by atoms with Gasteiger partial charge in [0.2, 0.25) is 0 Å². The topological polar surface area (TPSA) is 67.5 Å². The van der Waals surface area contributed by atoms with Crippen LogP contribution in [0.15, 0.2) is 18.5 Å². The summed E-state index contributed by atoms with van der Waals surface area (Å²) in [4.78, 5) is 13.0. The molecule has 1 aromatic heterocycles. The second-order valence-corrected chi connectivity index (χ2v) is 5.52. The van der Waals surface area contributed by atoms with E-state index in [0.717, 1.165) is 35.4 Å². The zero-order valence-electron chi connectivity index (χ0n) is 12.7. The quantitative estimate of drug-likeness (QED) is 0.916. The van der Waals surface area contributed by atoms with E-state index in [1.807, 2.05) is 19.1 Å². The van der Waals surface area contributed by atoms with Crippen molar-refractivity contribution < 1.29 is 4.74 Å². The highest BCUT2D eigenvalue weighted by molar-refractivity contribution is 6.02. The van der Waals surface area contributed by atoms with Crippen molar-refractivity contribution in [2.75, 3.05) is 44.4 Å². The molecule has 3 rings (SSSR count). The Kier molecular flexibility index (Phi) is 3.55. The van der Waals surface area contributed by atoms with Crippen LogP contribution >= 0.6 is 0 Å². The first-order valence-electron chi connectivity index (χ1n) is 7.19. The Balaban J connectivity index is 2.07. The molecule has 0 unspecified atom stereocenters. The van der Waals surface area contributed by atoms with Crippen LogP contribution in [0.2, 0.25) is 0 Å². The van der Waals surface area contributed by atoms with Crippen LogP contribution in [0, 0.1) is 0 Å². The van der Waals surface area contributed by atoms with Gasteiger partial charge in [0.15, 0.2) is 0 Å². The van der Waals surface area contributed by atoms with Crippen LogP contribution in [0.1, 0.15) is 6.92 Å². The number of likely N-dealkylation sites (N-methyl/N-ethyl adjacent to an activating group) is 1. The maximum Gasteiger partial charge on any atom is 0.143 e. The first-order chi connectivity index (χ1) is 10.1. The average molecular weight is 287 g/mol. The Bertz CT molecular complexity index is 652. The van der Waals surface area contributed by atoms with Gasteiger partial charge in [0, 0.05) is 19.1 Å². The lowest BCUT2D eigenvalue weighted by molar-refractivity contribution is 0.245. The first-order valence-corrected chi connectivity index (χ1v) is 7.19. The van der Waals surface area contributed by atoms with Crippen molar-refractivity contribution in [1.82, 2.24) is 14.9 Å². The van der Waals surface area contributed by atoms with Crippen molar-refractivity contribution in [2.24, 2.45) is 0 Å². The Labute approximate surface area is 124 Å². The van der Waals surface area contributed by atoms with Gasteiger partial charge in [-0.2, -0.15) is 0 Å². The van der Waals surface area contributed by atoms with E-state index in [4.69, 9.17) is 10.5 Å². The number of rotatable bonds is 4. The Hall–Kier alpha value is -2.08. The molecule has 21 heavy (non-hydrogen) atoms. The molecule has 6 heteroatoms. The van der Waals surface area contributed by atoms with Crippen LogP contribution in [-0.2, 0) is 0 Å². The molecule has 2 heterocycles. The molecular weight excluding hydrogens is 266 g/mol. The SMILES string of the molecule is CCOc1ccc2ncnc(N)c2c1N1CC(N(C)C)C1. The lowest BCUT2D eigenvalue weighted by atomic mass is 10.0. The summed E-state index contributed by atoms with van der Waals surface area (Å²) in [5.74, 6) is 1.36. The molecular formula is C15H21N5O. The van der Waals surface area contributed by atoms with Gasteiger partial charge in [0.25, 0.3) is 0 Å². The van der Waals surface area contributed by atoms with Gasteiger partial charge in [-0.05, 0) is 33.2 Å². The normalized spacial score (nSPS) is 15.5. The average Bonchev–Trinajstić information content (AvgIpc) is 2.39. The standard InChI is InChI=1S/C15H21N5O/c1-4-21-12-6-5-11-13(15(16)18-9-17-11)14(12)20-7-10(8-20)19(2)3/h5-6,9-10H,4,7-8H2,1-3H3,(H2,16,17,18). The van der Waals surface area contributed by atoms with Crippen LogP contribution in [0.5, 0.6) is 5.75 Å². The molecule has 1 aliphatic heterocycles. The molecule has 1 aromatic carbocycles. The van der Waals surface area contributed by atoms with Crippen molar-refractivity contribution in [3.63, 3.8) is 0 Å². The first kappa shape index (κ1) is 13.9. The Morgan fingerprint density at radius 3 is 2.76 bits per heavy atom. The van der Waals surface area contributed by atoms with Crippen molar-refractivity contribution in [1.29, 1.82) is 0 Å². The van der Waals surface area contributed by atoms with Gasteiger partial charge in [0.1, 0.15) is 17.9 Å². The molecule has 0 atom stereocenters. The summed E-state index contributed by atoms with van der Waals surface area (Å²) in [7, 11) is 4.21. The third-order valence-corrected chi connectivity index (χ3v) is 3.98. The number of ether oxygens (including phenoxy) is 1. The van der Waals surface area contributed by atoms with Crippen LogP contribution in [-0.4, -0.2) is 54.7 Å². The number of nitrogens with two attached hydrogens (primary N) is 1. The molecule has 1 fully saturated rings. The van der Waals surface area contributed by atoms with Gasteiger partial charge in [-0.1, -0.05) is 0 Å². The van der Waals surface area contributed by atoms with E-state index >= 15 is 0 Å². The van der Waals surface area contributed by atoms with Crippen molar-refractivity contribution in [3.05, 3.63) is 18.5 Å². The Morgan fingerprint density at radius 1 is 1.33 bits per heavy atom. The summed E-state index contributed by atoms with van der Waals surface area (Å²) in [5.41, 5.74) is 7.96. The molecule has 0 bridgehead atoms. The van der Waals surface area contributed by atoms with E-state index < -0.39 is 0 Å². The molecule has 0 spiro atoms. The van der Waals surface area contributed by atoms with Gasteiger partial charge in [0.05, 0.1) is 23.2 Å². The number of nitrogens with zero attached hydrogens (tertiary/aromatic N) is 4. The molecule has 6 nitrogen and oxygen atoms in total. The lowest BCUT2D eigenvalue weighted by Gasteiger charge is -2.45. The smallest absolute Gasteiger partial charge is 0.143 e. The second kappa shape index (κ2) is 5.37. The van der Waals surface area contributed by atoms with Crippen molar-refractivity contribution in [2.45, 2.75) is 13.0 Å². The third kappa shape index (κ3) is 2.35. The summed E-state index contributed by atoms with van der Waals surface area (Å²) in [6.07, 6.45) is 1.50. The maximum absolute atomic E-state index is 6.09. The van der Waals surface area contributed by atoms with E-state index in [1.54, 1.807) is 0 Å². The number of hydrogen-bond donors (Lipinski definition) is 1. The molecule has 2 N–H and O–H groups in total.